The molecule has 5 nitrogen and oxygen atoms in total. The topological polar surface area (TPSA) is 72.9 Å². The van der Waals surface area contributed by atoms with E-state index >= 15 is 0 Å². The van der Waals surface area contributed by atoms with Crippen LogP contribution in [-0.2, 0) is 11.3 Å². The minimum absolute atomic E-state index is 0.0103. The summed E-state index contributed by atoms with van der Waals surface area (Å²) in [5.74, 6) is -2.07. The molecule has 2 rings (SSSR count). The van der Waals surface area contributed by atoms with Crippen LogP contribution in [0.4, 0.5) is 14.7 Å². The van der Waals surface area contributed by atoms with E-state index in [-0.39, 0.29) is 41.9 Å². The van der Waals surface area contributed by atoms with Gasteiger partial charge in [-0.25, -0.2) is 13.8 Å². The fraction of sp³-hybridized carbons (Fsp3) is 0.429. The van der Waals surface area contributed by atoms with Gasteiger partial charge in [0.15, 0.2) is 11.6 Å². The van der Waals surface area contributed by atoms with E-state index in [2.05, 4.69) is 10.3 Å². The molecule has 2 aromatic rings. The Morgan fingerprint density at radius 2 is 2.19 bits per heavy atom. The summed E-state index contributed by atoms with van der Waals surface area (Å²) < 4.78 is 28.5. The molecule has 1 aromatic carbocycles. The van der Waals surface area contributed by atoms with Crippen molar-refractivity contribution in [2.24, 2.45) is 0 Å². The highest BCUT2D eigenvalue weighted by Gasteiger charge is 2.16. The molecule has 1 amide bonds. The van der Waals surface area contributed by atoms with Crippen molar-refractivity contribution in [1.29, 1.82) is 0 Å². The zero-order valence-electron chi connectivity index (χ0n) is 12.0. The number of nitrogens with two attached hydrogens (primary N) is 1. The van der Waals surface area contributed by atoms with Crippen LogP contribution < -0.4 is 11.1 Å². The largest absolute Gasteiger partial charge is 0.369 e. The van der Waals surface area contributed by atoms with Gasteiger partial charge in [0.25, 0.3) is 0 Å². The normalized spacial score (nSPS) is 12.6. The third-order valence-electron chi connectivity index (χ3n) is 3.41. The predicted octanol–water partition coefficient (Wildman–Crippen LogP) is 2.20. The van der Waals surface area contributed by atoms with Crippen LogP contribution in [-0.4, -0.2) is 21.5 Å². The van der Waals surface area contributed by atoms with Crippen LogP contribution in [0.25, 0.3) is 11.0 Å². The summed E-state index contributed by atoms with van der Waals surface area (Å²) in [4.78, 5) is 15.7. The number of benzene rings is 1. The first-order valence-electron chi connectivity index (χ1n) is 6.83. The van der Waals surface area contributed by atoms with Crippen LogP contribution >= 0.6 is 0 Å². The van der Waals surface area contributed by atoms with Crippen molar-refractivity contribution in [3.05, 3.63) is 23.8 Å². The van der Waals surface area contributed by atoms with Gasteiger partial charge in [0.05, 0.1) is 5.52 Å². The first-order valence-corrected chi connectivity index (χ1v) is 6.83. The molecule has 7 heteroatoms. The number of halogens is 2. The molecule has 0 spiro atoms. The Labute approximate surface area is 121 Å². The van der Waals surface area contributed by atoms with Gasteiger partial charge in [0.1, 0.15) is 5.52 Å². The second-order valence-electron chi connectivity index (χ2n) is 4.98. The lowest BCUT2D eigenvalue weighted by molar-refractivity contribution is -0.121. The van der Waals surface area contributed by atoms with Gasteiger partial charge >= 0.3 is 0 Å². The van der Waals surface area contributed by atoms with Crippen LogP contribution in [0.3, 0.4) is 0 Å². The number of amides is 1. The Morgan fingerprint density at radius 1 is 1.48 bits per heavy atom. The van der Waals surface area contributed by atoms with Crippen LogP contribution in [0.1, 0.15) is 26.7 Å². The maximum absolute atomic E-state index is 13.9. The SMILES string of the molecule is CCC(C)NC(=O)CCn1c(N)nc2ccc(F)c(F)c21. The number of anilines is 1. The second kappa shape index (κ2) is 6.07. The van der Waals surface area contributed by atoms with E-state index in [9.17, 15) is 13.6 Å². The number of carbonyl (C=O) groups is 1. The zero-order valence-corrected chi connectivity index (χ0v) is 12.0. The Bertz CT molecular complexity index is 669. The fourth-order valence-corrected chi connectivity index (χ4v) is 2.06. The molecule has 0 aliphatic rings. The number of nitrogens with zero attached hydrogens (tertiary/aromatic N) is 2. The van der Waals surface area contributed by atoms with Crippen molar-refractivity contribution in [3.63, 3.8) is 0 Å². The number of hydrogen-bond donors (Lipinski definition) is 2. The maximum atomic E-state index is 13.9. The fourth-order valence-electron chi connectivity index (χ4n) is 2.06. The minimum atomic E-state index is -1.00. The minimum Gasteiger partial charge on any atom is -0.369 e. The van der Waals surface area contributed by atoms with Gasteiger partial charge in [-0.15, -0.1) is 0 Å². The van der Waals surface area contributed by atoms with Gasteiger partial charge in [-0.2, -0.15) is 0 Å². The molecule has 0 aliphatic heterocycles. The Morgan fingerprint density at radius 3 is 2.86 bits per heavy atom. The van der Waals surface area contributed by atoms with Crippen molar-refractivity contribution in [2.75, 3.05) is 5.73 Å². The number of aryl methyl sites for hydroxylation is 1. The number of nitrogen functional groups attached to an aromatic ring is 1. The predicted molar refractivity (Wildman–Crippen MR) is 76.6 cm³/mol. The lowest BCUT2D eigenvalue weighted by Crippen LogP contribution is -2.32. The van der Waals surface area contributed by atoms with Crippen LogP contribution in [0, 0.1) is 11.6 Å². The average Bonchev–Trinajstić information content (AvgIpc) is 2.77. The smallest absolute Gasteiger partial charge is 0.222 e. The number of aromatic nitrogens is 2. The number of carbonyl (C=O) groups excluding carboxylic acids is 1. The molecule has 0 radical (unpaired) electrons. The number of rotatable bonds is 5. The summed E-state index contributed by atoms with van der Waals surface area (Å²) in [6, 6.07) is 2.44. The molecule has 1 heterocycles. The number of nitrogens with one attached hydrogen (secondary N) is 1. The molecule has 0 aliphatic carbocycles. The van der Waals surface area contributed by atoms with E-state index in [1.54, 1.807) is 0 Å². The summed E-state index contributed by atoms with van der Waals surface area (Å²) >= 11 is 0. The number of hydrogen-bond acceptors (Lipinski definition) is 3. The molecule has 114 valence electrons. The molecule has 0 saturated heterocycles. The van der Waals surface area contributed by atoms with Crippen molar-refractivity contribution < 1.29 is 13.6 Å². The summed E-state index contributed by atoms with van der Waals surface area (Å²) in [6.45, 7) is 4.00. The molecule has 0 fully saturated rings. The lowest BCUT2D eigenvalue weighted by Gasteiger charge is -2.12. The first-order chi connectivity index (χ1) is 9.93. The van der Waals surface area contributed by atoms with Crippen LogP contribution in [0.2, 0.25) is 0 Å². The zero-order chi connectivity index (χ0) is 15.6. The van der Waals surface area contributed by atoms with Gasteiger partial charge in [-0.1, -0.05) is 6.92 Å². The standard InChI is InChI=1S/C14H18F2N4O/c1-3-8(2)18-11(21)6-7-20-13-10(19-14(20)17)5-4-9(15)12(13)16/h4-5,8H,3,6-7H2,1-2H3,(H2,17,19)(H,18,21). The molecular weight excluding hydrogens is 278 g/mol. The molecule has 1 aromatic heterocycles. The highest BCUT2D eigenvalue weighted by Crippen LogP contribution is 2.23. The quantitative estimate of drug-likeness (QED) is 0.888. The van der Waals surface area contributed by atoms with E-state index in [1.807, 2.05) is 13.8 Å². The van der Waals surface area contributed by atoms with Crippen LogP contribution in [0.5, 0.6) is 0 Å². The van der Waals surface area contributed by atoms with Gasteiger partial charge in [-0.3, -0.25) is 4.79 Å². The molecular formula is C14H18F2N4O. The number of fused-ring (bicyclic) bond motifs is 1. The molecule has 0 bridgehead atoms. The van der Waals surface area contributed by atoms with Crippen molar-refractivity contribution in [1.82, 2.24) is 14.9 Å². The van der Waals surface area contributed by atoms with E-state index in [0.717, 1.165) is 12.5 Å². The maximum Gasteiger partial charge on any atom is 0.222 e. The number of imidazole rings is 1. The van der Waals surface area contributed by atoms with E-state index in [0.29, 0.717) is 0 Å². The molecule has 0 saturated carbocycles. The molecule has 21 heavy (non-hydrogen) atoms. The summed E-state index contributed by atoms with van der Waals surface area (Å²) in [5, 5.41) is 2.80. The summed E-state index contributed by atoms with van der Waals surface area (Å²) in [6.07, 6.45) is 0.942. The Hall–Kier alpha value is -2.18. The van der Waals surface area contributed by atoms with Gasteiger partial charge < -0.3 is 15.6 Å². The van der Waals surface area contributed by atoms with Crippen molar-refractivity contribution in [2.45, 2.75) is 39.3 Å². The second-order valence-corrected chi connectivity index (χ2v) is 4.98. The summed E-state index contributed by atoms with van der Waals surface area (Å²) in [7, 11) is 0. The lowest BCUT2D eigenvalue weighted by atomic mass is 10.2. The van der Waals surface area contributed by atoms with E-state index in [1.165, 1.54) is 10.6 Å². The van der Waals surface area contributed by atoms with E-state index < -0.39 is 11.6 Å². The third-order valence-corrected chi connectivity index (χ3v) is 3.41. The highest BCUT2D eigenvalue weighted by molar-refractivity contribution is 5.80. The Balaban J connectivity index is 2.21. The first kappa shape index (κ1) is 15.2. The monoisotopic (exact) mass is 296 g/mol. The third kappa shape index (κ3) is 3.12. The van der Waals surface area contributed by atoms with Crippen molar-refractivity contribution in [3.8, 4) is 0 Å². The summed E-state index contributed by atoms with van der Waals surface area (Å²) in [5.41, 5.74) is 5.98. The van der Waals surface area contributed by atoms with Crippen molar-refractivity contribution >= 4 is 22.9 Å². The van der Waals surface area contributed by atoms with E-state index in [4.69, 9.17) is 5.73 Å². The van der Waals surface area contributed by atoms with Gasteiger partial charge in [0.2, 0.25) is 11.9 Å². The molecule has 1 atom stereocenters. The average molecular weight is 296 g/mol. The highest BCUT2D eigenvalue weighted by atomic mass is 19.2. The van der Waals surface area contributed by atoms with Gasteiger partial charge in [-0.05, 0) is 25.5 Å². The molecule has 3 N–H and O–H groups in total. The van der Waals surface area contributed by atoms with Crippen LogP contribution in [0.15, 0.2) is 12.1 Å². The van der Waals surface area contributed by atoms with Gasteiger partial charge in [0, 0.05) is 19.0 Å². The Kier molecular flexibility index (Phi) is 4.40. The molecule has 1 unspecified atom stereocenters.